The van der Waals surface area contributed by atoms with E-state index in [0.29, 0.717) is 12.8 Å². The van der Waals surface area contributed by atoms with E-state index in [9.17, 15) is 19.5 Å². The van der Waals surface area contributed by atoms with Crippen molar-refractivity contribution in [3.8, 4) is 11.1 Å². The lowest BCUT2D eigenvalue weighted by molar-refractivity contribution is -0.148. The van der Waals surface area contributed by atoms with Crippen molar-refractivity contribution >= 4 is 18.0 Å². The second kappa shape index (κ2) is 8.30. The summed E-state index contributed by atoms with van der Waals surface area (Å²) in [5, 5.41) is 14.8. The van der Waals surface area contributed by atoms with Gasteiger partial charge in [-0.2, -0.15) is 0 Å². The highest BCUT2D eigenvalue weighted by molar-refractivity contribution is 5.93. The van der Waals surface area contributed by atoms with Gasteiger partial charge in [-0.3, -0.25) is 4.79 Å². The SMILES string of the molecule is CC(C)(NC(=O)OCC1c2ccccc2-c2ccccc21)C(=O)NC1(C(=O)O)CCCC1. The number of hydrogen-bond acceptors (Lipinski definition) is 4. The van der Waals surface area contributed by atoms with Crippen LogP contribution in [-0.4, -0.2) is 40.8 Å². The Balaban J connectivity index is 1.41. The lowest BCUT2D eigenvalue weighted by Crippen LogP contribution is -2.62. The minimum absolute atomic E-state index is 0.0844. The highest BCUT2D eigenvalue weighted by atomic mass is 16.5. The van der Waals surface area contributed by atoms with Crippen molar-refractivity contribution in [2.45, 2.75) is 56.5 Å². The molecule has 0 unspecified atom stereocenters. The van der Waals surface area contributed by atoms with Crippen LogP contribution in [0.15, 0.2) is 48.5 Å². The van der Waals surface area contributed by atoms with Crippen molar-refractivity contribution in [2.75, 3.05) is 6.61 Å². The topological polar surface area (TPSA) is 105 Å². The van der Waals surface area contributed by atoms with Crippen LogP contribution in [0.2, 0.25) is 0 Å². The average molecular weight is 437 g/mol. The Morgan fingerprint density at radius 1 is 1.00 bits per heavy atom. The Morgan fingerprint density at radius 3 is 2.06 bits per heavy atom. The summed E-state index contributed by atoms with van der Waals surface area (Å²) < 4.78 is 5.52. The molecule has 32 heavy (non-hydrogen) atoms. The molecule has 4 rings (SSSR count). The van der Waals surface area contributed by atoms with Crippen molar-refractivity contribution in [1.82, 2.24) is 10.6 Å². The number of aliphatic carboxylic acids is 1. The number of benzene rings is 2. The minimum Gasteiger partial charge on any atom is -0.480 e. The highest BCUT2D eigenvalue weighted by Gasteiger charge is 2.45. The van der Waals surface area contributed by atoms with Crippen LogP contribution in [-0.2, 0) is 14.3 Å². The standard InChI is InChI=1S/C25H28N2O5/c1-24(2,21(28)26-25(22(29)30)13-7-8-14-25)27-23(31)32-15-20-18-11-5-3-9-16(18)17-10-4-6-12-19(17)20/h3-6,9-12,20H,7-8,13-15H2,1-2H3,(H,26,28)(H,27,31)(H,29,30). The lowest BCUT2D eigenvalue weighted by atomic mass is 9.95. The van der Waals surface area contributed by atoms with E-state index < -0.39 is 29.0 Å². The molecule has 0 bridgehead atoms. The summed E-state index contributed by atoms with van der Waals surface area (Å²) in [5.74, 6) is -1.67. The number of carboxylic acids is 1. The van der Waals surface area contributed by atoms with Crippen LogP contribution < -0.4 is 10.6 Å². The number of ether oxygens (including phenoxy) is 1. The van der Waals surface area contributed by atoms with E-state index in [1.54, 1.807) is 0 Å². The van der Waals surface area contributed by atoms with Crippen LogP contribution in [0.25, 0.3) is 11.1 Å². The van der Waals surface area contributed by atoms with Crippen LogP contribution in [0.4, 0.5) is 4.79 Å². The van der Waals surface area contributed by atoms with Gasteiger partial charge < -0.3 is 20.5 Å². The first-order valence-corrected chi connectivity index (χ1v) is 10.9. The van der Waals surface area contributed by atoms with Crippen LogP contribution in [0, 0.1) is 0 Å². The fourth-order valence-corrected chi connectivity index (χ4v) is 4.69. The molecule has 7 heteroatoms. The molecule has 2 aliphatic rings. The number of carbonyl (C=O) groups is 3. The molecule has 0 heterocycles. The second-order valence-corrected chi connectivity index (χ2v) is 9.12. The maximum atomic E-state index is 12.8. The number of carboxylic acid groups (broad SMARTS) is 1. The van der Waals surface area contributed by atoms with Crippen LogP contribution in [0.1, 0.15) is 56.6 Å². The minimum atomic E-state index is -1.33. The molecule has 0 atom stereocenters. The zero-order chi connectivity index (χ0) is 22.9. The third-order valence-electron chi connectivity index (χ3n) is 6.55. The normalized spacial score (nSPS) is 16.7. The van der Waals surface area contributed by atoms with Gasteiger partial charge in [0.1, 0.15) is 17.7 Å². The molecule has 0 saturated heterocycles. The summed E-state index contributed by atoms with van der Waals surface area (Å²) in [4.78, 5) is 37.1. The summed E-state index contributed by atoms with van der Waals surface area (Å²) in [6, 6.07) is 16.1. The lowest BCUT2D eigenvalue weighted by Gasteiger charge is -2.31. The molecule has 0 aromatic heterocycles. The van der Waals surface area contributed by atoms with Gasteiger partial charge in [0.25, 0.3) is 0 Å². The smallest absolute Gasteiger partial charge is 0.408 e. The maximum absolute atomic E-state index is 12.8. The third kappa shape index (κ3) is 3.95. The molecule has 1 fully saturated rings. The van der Waals surface area contributed by atoms with Crippen molar-refractivity contribution in [3.05, 3.63) is 59.7 Å². The van der Waals surface area contributed by atoms with Crippen LogP contribution in [0.5, 0.6) is 0 Å². The predicted molar refractivity (Wildman–Crippen MR) is 119 cm³/mol. The quantitative estimate of drug-likeness (QED) is 0.639. The van der Waals surface area contributed by atoms with Crippen molar-refractivity contribution < 1.29 is 24.2 Å². The molecule has 2 aromatic rings. The Labute approximate surface area is 187 Å². The molecular weight excluding hydrogens is 408 g/mol. The molecule has 0 spiro atoms. The molecule has 3 N–H and O–H groups in total. The van der Waals surface area contributed by atoms with E-state index in [-0.39, 0.29) is 12.5 Å². The van der Waals surface area contributed by atoms with Gasteiger partial charge in [-0.1, -0.05) is 61.4 Å². The molecule has 0 radical (unpaired) electrons. The van der Waals surface area contributed by atoms with E-state index in [1.165, 1.54) is 13.8 Å². The molecule has 2 aliphatic carbocycles. The molecule has 0 aliphatic heterocycles. The number of fused-ring (bicyclic) bond motifs is 3. The van der Waals surface area contributed by atoms with Crippen molar-refractivity contribution in [2.24, 2.45) is 0 Å². The number of rotatable bonds is 6. The molecule has 2 amide bonds. The van der Waals surface area contributed by atoms with Gasteiger partial charge in [-0.15, -0.1) is 0 Å². The zero-order valence-corrected chi connectivity index (χ0v) is 18.3. The van der Waals surface area contributed by atoms with Gasteiger partial charge in [0, 0.05) is 5.92 Å². The molecule has 7 nitrogen and oxygen atoms in total. The Bertz CT molecular complexity index is 1010. The Morgan fingerprint density at radius 2 is 1.53 bits per heavy atom. The van der Waals surface area contributed by atoms with Gasteiger partial charge in [0.15, 0.2) is 0 Å². The second-order valence-electron chi connectivity index (χ2n) is 9.12. The van der Waals surface area contributed by atoms with Crippen LogP contribution in [0.3, 0.4) is 0 Å². The number of amides is 2. The monoisotopic (exact) mass is 436 g/mol. The summed E-state index contributed by atoms with van der Waals surface area (Å²) in [5.41, 5.74) is 1.87. The van der Waals surface area contributed by atoms with E-state index >= 15 is 0 Å². The van der Waals surface area contributed by atoms with Crippen molar-refractivity contribution in [3.63, 3.8) is 0 Å². The highest BCUT2D eigenvalue weighted by Crippen LogP contribution is 2.44. The first-order valence-electron chi connectivity index (χ1n) is 10.9. The van der Waals surface area contributed by atoms with Gasteiger partial charge in [-0.25, -0.2) is 9.59 Å². The molecule has 168 valence electrons. The largest absolute Gasteiger partial charge is 0.480 e. The van der Waals surface area contributed by atoms with Crippen LogP contribution >= 0.6 is 0 Å². The van der Waals surface area contributed by atoms with Gasteiger partial charge in [0.05, 0.1) is 0 Å². The zero-order valence-electron chi connectivity index (χ0n) is 18.3. The summed E-state index contributed by atoms with van der Waals surface area (Å²) >= 11 is 0. The van der Waals surface area contributed by atoms with E-state index in [0.717, 1.165) is 35.1 Å². The first-order chi connectivity index (χ1) is 15.2. The molecule has 1 saturated carbocycles. The number of carbonyl (C=O) groups excluding carboxylic acids is 2. The molecular formula is C25H28N2O5. The average Bonchev–Trinajstić information content (AvgIpc) is 3.36. The Kier molecular flexibility index (Phi) is 5.67. The maximum Gasteiger partial charge on any atom is 0.408 e. The number of alkyl carbamates (subject to hydrolysis) is 1. The van der Waals surface area contributed by atoms with E-state index in [2.05, 4.69) is 22.8 Å². The summed E-state index contributed by atoms with van der Waals surface area (Å²) in [6.07, 6.45) is 1.53. The molecule has 2 aromatic carbocycles. The van der Waals surface area contributed by atoms with E-state index in [4.69, 9.17) is 4.74 Å². The van der Waals surface area contributed by atoms with Gasteiger partial charge in [0.2, 0.25) is 5.91 Å². The first kappa shape index (κ1) is 21.9. The third-order valence-corrected chi connectivity index (χ3v) is 6.55. The summed E-state index contributed by atoms with van der Waals surface area (Å²) in [6.45, 7) is 3.21. The number of nitrogens with one attached hydrogen (secondary N) is 2. The predicted octanol–water partition coefficient (Wildman–Crippen LogP) is 3.82. The summed E-state index contributed by atoms with van der Waals surface area (Å²) in [7, 11) is 0. The number of hydrogen-bond donors (Lipinski definition) is 3. The van der Waals surface area contributed by atoms with Gasteiger partial charge in [-0.05, 0) is 48.9 Å². The Hall–Kier alpha value is -3.35. The fourth-order valence-electron chi connectivity index (χ4n) is 4.69. The van der Waals surface area contributed by atoms with Crippen molar-refractivity contribution in [1.29, 1.82) is 0 Å². The fraction of sp³-hybridized carbons (Fsp3) is 0.400. The van der Waals surface area contributed by atoms with Gasteiger partial charge >= 0.3 is 12.1 Å². The van der Waals surface area contributed by atoms with E-state index in [1.807, 2.05) is 36.4 Å².